The van der Waals surface area contributed by atoms with E-state index in [9.17, 15) is 9.59 Å². The summed E-state index contributed by atoms with van der Waals surface area (Å²) in [5, 5.41) is 9.67. The largest absolute Gasteiger partial charge is 0.374 e. The van der Waals surface area contributed by atoms with Crippen LogP contribution in [0.5, 0.6) is 0 Å². The minimum absolute atomic E-state index is 0.111. The Morgan fingerprint density at radius 3 is 2.79 bits per heavy atom. The third-order valence-electron chi connectivity index (χ3n) is 2.43. The zero-order valence-corrected chi connectivity index (χ0v) is 13.0. The van der Waals surface area contributed by atoms with Gasteiger partial charge in [-0.25, -0.2) is 4.68 Å². The van der Waals surface area contributed by atoms with Crippen LogP contribution in [-0.4, -0.2) is 28.8 Å². The molecule has 0 aliphatic carbocycles. The first kappa shape index (κ1) is 15.7. The lowest BCUT2D eigenvalue weighted by molar-refractivity contribution is -0.119. The van der Waals surface area contributed by atoms with Crippen LogP contribution in [0.2, 0.25) is 0 Å². The van der Waals surface area contributed by atoms with Crippen LogP contribution in [0.1, 0.15) is 20.8 Å². The van der Waals surface area contributed by atoms with Crippen molar-refractivity contribution in [1.82, 2.24) is 15.1 Å². The summed E-state index contributed by atoms with van der Waals surface area (Å²) in [4.78, 5) is 23.3. The maximum atomic E-state index is 11.8. The van der Waals surface area contributed by atoms with Crippen LogP contribution < -0.4 is 16.2 Å². The number of amides is 1. The summed E-state index contributed by atoms with van der Waals surface area (Å²) in [6.45, 7) is 7.15. The van der Waals surface area contributed by atoms with Gasteiger partial charge < -0.3 is 10.6 Å². The van der Waals surface area contributed by atoms with E-state index in [4.69, 9.17) is 0 Å². The fourth-order valence-electron chi connectivity index (χ4n) is 1.37. The summed E-state index contributed by atoms with van der Waals surface area (Å²) in [5.41, 5.74) is 0.310. The molecule has 19 heavy (non-hydrogen) atoms. The van der Waals surface area contributed by atoms with Gasteiger partial charge in [0.25, 0.3) is 5.56 Å². The molecule has 106 valence electrons. The van der Waals surface area contributed by atoms with Crippen molar-refractivity contribution in [3.05, 3.63) is 21.0 Å². The second-order valence-corrected chi connectivity index (χ2v) is 5.34. The highest BCUT2D eigenvalue weighted by Gasteiger charge is 2.09. The van der Waals surface area contributed by atoms with Crippen LogP contribution in [0.25, 0.3) is 0 Å². The van der Waals surface area contributed by atoms with Gasteiger partial charge in [0.1, 0.15) is 4.47 Å². The fourth-order valence-corrected chi connectivity index (χ4v) is 1.82. The van der Waals surface area contributed by atoms with E-state index >= 15 is 0 Å². The first-order valence-electron chi connectivity index (χ1n) is 6.21. The zero-order valence-electron chi connectivity index (χ0n) is 11.4. The van der Waals surface area contributed by atoms with E-state index in [2.05, 4.69) is 31.7 Å². The van der Waals surface area contributed by atoms with Crippen LogP contribution >= 0.6 is 15.9 Å². The minimum atomic E-state index is -0.213. The molecule has 1 rings (SSSR count). The van der Waals surface area contributed by atoms with Crippen molar-refractivity contribution in [2.75, 3.05) is 18.4 Å². The van der Waals surface area contributed by atoms with Crippen LogP contribution in [0.4, 0.5) is 5.69 Å². The molecule has 0 radical (unpaired) electrons. The summed E-state index contributed by atoms with van der Waals surface area (Å²) < 4.78 is 1.73. The predicted octanol–water partition coefficient (Wildman–Crippen LogP) is 1.21. The molecule has 1 heterocycles. The first-order valence-corrected chi connectivity index (χ1v) is 7.01. The Kier molecular flexibility index (Phi) is 6.01. The molecule has 0 aliphatic rings. The van der Waals surface area contributed by atoms with E-state index in [1.165, 1.54) is 10.9 Å². The quantitative estimate of drug-likeness (QED) is 0.822. The molecule has 1 aromatic heterocycles. The van der Waals surface area contributed by atoms with Crippen LogP contribution in [0.3, 0.4) is 0 Å². The first-order chi connectivity index (χ1) is 8.95. The van der Waals surface area contributed by atoms with Gasteiger partial charge in [0, 0.05) is 13.1 Å². The summed E-state index contributed by atoms with van der Waals surface area (Å²) >= 11 is 3.22. The van der Waals surface area contributed by atoms with Gasteiger partial charge in [0.15, 0.2) is 0 Å². The van der Waals surface area contributed by atoms with Crippen molar-refractivity contribution in [2.45, 2.75) is 27.3 Å². The summed E-state index contributed by atoms with van der Waals surface area (Å²) in [5.74, 6) is 0.297. The third-order valence-corrected chi connectivity index (χ3v) is 3.20. The number of rotatable bonds is 6. The lowest BCUT2D eigenvalue weighted by atomic mass is 10.2. The molecule has 0 aliphatic heterocycles. The van der Waals surface area contributed by atoms with Crippen molar-refractivity contribution in [3.63, 3.8) is 0 Å². The van der Waals surface area contributed by atoms with Gasteiger partial charge in [0.2, 0.25) is 5.91 Å². The van der Waals surface area contributed by atoms with Crippen molar-refractivity contribution in [3.8, 4) is 0 Å². The highest BCUT2D eigenvalue weighted by molar-refractivity contribution is 9.10. The Balaban J connectivity index is 2.61. The molecular formula is C12H19BrN4O2. The molecule has 0 saturated carbocycles. The number of hydrogen-bond acceptors (Lipinski definition) is 4. The van der Waals surface area contributed by atoms with E-state index in [-0.39, 0.29) is 18.0 Å². The number of aryl methyl sites for hydroxylation is 1. The van der Waals surface area contributed by atoms with E-state index in [1.807, 2.05) is 20.8 Å². The lowest BCUT2D eigenvalue weighted by Gasteiger charge is -2.11. The Hall–Kier alpha value is -1.37. The molecule has 6 nitrogen and oxygen atoms in total. The van der Waals surface area contributed by atoms with Crippen molar-refractivity contribution in [1.29, 1.82) is 0 Å². The Bertz CT molecular complexity index is 499. The van der Waals surface area contributed by atoms with E-state index in [1.54, 1.807) is 0 Å². The molecule has 1 aromatic rings. The zero-order chi connectivity index (χ0) is 14.4. The normalized spacial score (nSPS) is 10.6. The monoisotopic (exact) mass is 330 g/mol. The van der Waals surface area contributed by atoms with Crippen LogP contribution in [-0.2, 0) is 11.3 Å². The maximum Gasteiger partial charge on any atom is 0.283 e. The van der Waals surface area contributed by atoms with Gasteiger partial charge in [-0.15, -0.1) is 0 Å². The molecule has 0 bridgehead atoms. The Morgan fingerprint density at radius 1 is 1.53 bits per heavy atom. The molecule has 0 aromatic carbocycles. The Morgan fingerprint density at radius 2 is 2.21 bits per heavy atom. The van der Waals surface area contributed by atoms with E-state index < -0.39 is 0 Å². The number of nitrogens with one attached hydrogen (secondary N) is 2. The van der Waals surface area contributed by atoms with Gasteiger partial charge in [-0.2, -0.15) is 5.10 Å². The SMILES string of the molecule is CCn1ncc(NCC(=O)NCC(C)C)c(Br)c1=O. The minimum Gasteiger partial charge on any atom is -0.374 e. The third kappa shape index (κ3) is 4.66. The highest BCUT2D eigenvalue weighted by Crippen LogP contribution is 2.15. The van der Waals surface area contributed by atoms with Crippen molar-refractivity contribution >= 4 is 27.5 Å². The molecule has 0 unspecified atom stereocenters. The molecule has 0 spiro atoms. The second kappa shape index (κ2) is 7.28. The van der Waals surface area contributed by atoms with Crippen molar-refractivity contribution in [2.24, 2.45) is 5.92 Å². The molecule has 0 atom stereocenters. The van der Waals surface area contributed by atoms with Crippen LogP contribution in [0.15, 0.2) is 15.5 Å². The van der Waals surface area contributed by atoms with Gasteiger partial charge in [-0.05, 0) is 28.8 Å². The predicted molar refractivity (Wildman–Crippen MR) is 78.2 cm³/mol. The van der Waals surface area contributed by atoms with Gasteiger partial charge in [-0.3, -0.25) is 9.59 Å². The number of hydrogen-bond donors (Lipinski definition) is 2. The van der Waals surface area contributed by atoms with E-state index in [0.29, 0.717) is 29.2 Å². The number of halogens is 1. The summed E-state index contributed by atoms with van der Waals surface area (Å²) in [6.07, 6.45) is 1.53. The second-order valence-electron chi connectivity index (χ2n) is 4.54. The number of carbonyl (C=O) groups excluding carboxylic acids is 1. The molecule has 1 amide bonds. The maximum absolute atomic E-state index is 11.8. The molecule has 0 saturated heterocycles. The lowest BCUT2D eigenvalue weighted by Crippen LogP contribution is -2.33. The molecule has 2 N–H and O–H groups in total. The topological polar surface area (TPSA) is 76.0 Å². The average Bonchev–Trinajstić information content (AvgIpc) is 2.38. The fraction of sp³-hybridized carbons (Fsp3) is 0.583. The molecular weight excluding hydrogens is 312 g/mol. The summed E-state index contributed by atoms with van der Waals surface area (Å²) in [7, 11) is 0. The smallest absolute Gasteiger partial charge is 0.283 e. The van der Waals surface area contributed by atoms with Gasteiger partial charge in [0.05, 0.1) is 18.4 Å². The molecule has 7 heteroatoms. The number of nitrogens with zero attached hydrogens (tertiary/aromatic N) is 2. The number of carbonyl (C=O) groups is 1. The van der Waals surface area contributed by atoms with Crippen LogP contribution in [0, 0.1) is 5.92 Å². The van der Waals surface area contributed by atoms with Gasteiger partial charge in [-0.1, -0.05) is 13.8 Å². The summed E-state index contributed by atoms with van der Waals surface area (Å²) in [6, 6.07) is 0. The number of aromatic nitrogens is 2. The average molecular weight is 331 g/mol. The van der Waals surface area contributed by atoms with Crippen molar-refractivity contribution < 1.29 is 4.79 Å². The van der Waals surface area contributed by atoms with Gasteiger partial charge >= 0.3 is 0 Å². The standard InChI is InChI=1S/C12H19BrN4O2/c1-4-17-12(19)11(13)9(6-16-17)14-7-10(18)15-5-8(2)3/h6,8,14H,4-5,7H2,1-3H3,(H,15,18). The van der Waals surface area contributed by atoms with E-state index in [0.717, 1.165) is 0 Å². The Labute approximate surface area is 120 Å². The molecule has 0 fully saturated rings. The number of anilines is 1. The highest BCUT2D eigenvalue weighted by atomic mass is 79.9.